The van der Waals surface area contributed by atoms with Gasteiger partial charge in [0, 0.05) is 13.0 Å². The molecule has 0 aliphatic heterocycles. The SMILES string of the molecule is NC(N)=NC(N)=NCCCC(F)(F)F. The molecule has 0 aliphatic rings. The molecule has 0 saturated carbocycles. The molecule has 0 heterocycles. The lowest BCUT2D eigenvalue weighted by molar-refractivity contribution is -0.134. The molecule has 14 heavy (non-hydrogen) atoms. The van der Waals surface area contributed by atoms with Crippen molar-refractivity contribution in [3.8, 4) is 0 Å². The Bertz CT molecular complexity index is 228. The second-order valence-corrected chi connectivity index (χ2v) is 2.50. The number of nitrogens with zero attached hydrogens (tertiary/aromatic N) is 2. The highest BCUT2D eigenvalue weighted by Gasteiger charge is 2.25. The van der Waals surface area contributed by atoms with Gasteiger partial charge in [-0.2, -0.15) is 18.2 Å². The molecule has 0 aliphatic carbocycles. The van der Waals surface area contributed by atoms with Crippen LogP contribution in [0.3, 0.4) is 0 Å². The zero-order valence-corrected chi connectivity index (χ0v) is 7.38. The summed E-state index contributed by atoms with van der Waals surface area (Å²) in [5.74, 6) is -0.491. The first kappa shape index (κ1) is 12.5. The van der Waals surface area contributed by atoms with Crippen LogP contribution in [-0.2, 0) is 0 Å². The maximum absolute atomic E-state index is 11.6. The standard InChI is InChI=1S/C6H12F3N5/c7-6(8,9)2-1-3-13-5(12)14-4(10)11/h1-3H2,(H6,10,11,12,13,14). The van der Waals surface area contributed by atoms with Crippen molar-refractivity contribution in [2.24, 2.45) is 27.2 Å². The third-order valence-electron chi connectivity index (χ3n) is 1.14. The summed E-state index contributed by atoms with van der Waals surface area (Å²) in [7, 11) is 0. The summed E-state index contributed by atoms with van der Waals surface area (Å²) in [6.45, 7) is -0.0534. The summed E-state index contributed by atoms with van der Waals surface area (Å²) in [4.78, 5) is 6.84. The van der Waals surface area contributed by atoms with Crippen LogP contribution in [0.4, 0.5) is 13.2 Å². The summed E-state index contributed by atoms with van der Waals surface area (Å²) < 4.78 is 34.9. The minimum Gasteiger partial charge on any atom is -0.370 e. The monoisotopic (exact) mass is 211 g/mol. The van der Waals surface area contributed by atoms with Gasteiger partial charge < -0.3 is 17.2 Å². The third-order valence-corrected chi connectivity index (χ3v) is 1.14. The van der Waals surface area contributed by atoms with Crippen LogP contribution in [0.25, 0.3) is 0 Å². The molecule has 0 amide bonds. The molecular formula is C6H12F3N5. The molecule has 82 valence electrons. The van der Waals surface area contributed by atoms with E-state index in [1.54, 1.807) is 0 Å². The number of halogens is 3. The van der Waals surface area contributed by atoms with E-state index < -0.39 is 12.6 Å². The smallest absolute Gasteiger partial charge is 0.370 e. The lowest BCUT2D eigenvalue weighted by atomic mass is 10.3. The van der Waals surface area contributed by atoms with Crippen LogP contribution in [0.2, 0.25) is 0 Å². The fourth-order valence-electron chi connectivity index (χ4n) is 0.641. The molecular weight excluding hydrogens is 199 g/mol. The molecule has 6 N–H and O–H groups in total. The Morgan fingerprint density at radius 3 is 2.14 bits per heavy atom. The van der Waals surface area contributed by atoms with Crippen molar-refractivity contribution < 1.29 is 13.2 Å². The number of nitrogens with two attached hydrogens (primary N) is 3. The Hall–Kier alpha value is -1.47. The second-order valence-electron chi connectivity index (χ2n) is 2.50. The summed E-state index contributed by atoms with van der Waals surface area (Å²) in [5, 5.41) is 0. The van der Waals surface area contributed by atoms with E-state index in [0.29, 0.717) is 0 Å². The van der Waals surface area contributed by atoms with Crippen molar-refractivity contribution >= 4 is 11.9 Å². The van der Waals surface area contributed by atoms with Crippen molar-refractivity contribution in [1.82, 2.24) is 0 Å². The fourth-order valence-corrected chi connectivity index (χ4v) is 0.641. The fraction of sp³-hybridized carbons (Fsp3) is 0.667. The van der Waals surface area contributed by atoms with Gasteiger partial charge in [0.2, 0.25) is 5.96 Å². The van der Waals surface area contributed by atoms with E-state index in [1.807, 2.05) is 0 Å². The van der Waals surface area contributed by atoms with Gasteiger partial charge in [-0.3, -0.25) is 4.99 Å². The molecule has 5 nitrogen and oxygen atoms in total. The lowest BCUT2D eigenvalue weighted by Gasteiger charge is -2.03. The average molecular weight is 211 g/mol. The van der Waals surface area contributed by atoms with Crippen molar-refractivity contribution in [3.63, 3.8) is 0 Å². The van der Waals surface area contributed by atoms with Gasteiger partial charge in [0.1, 0.15) is 0 Å². The van der Waals surface area contributed by atoms with E-state index in [1.165, 1.54) is 0 Å². The molecule has 8 heteroatoms. The molecule has 0 atom stereocenters. The Labute approximate surface area is 78.9 Å². The summed E-state index contributed by atoms with van der Waals surface area (Å²) in [6, 6.07) is 0. The number of alkyl halides is 3. The molecule has 0 radical (unpaired) electrons. The Morgan fingerprint density at radius 2 is 1.71 bits per heavy atom. The highest BCUT2D eigenvalue weighted by molar-refractivity contribution is 5.92. The van der Waals surface area contributed by atoms with E-state index in [9.17, 15) is 13.2 Å². The van der Waals surface area contributed by atoms with Gasteiger partial charge in [0.25, 0.3) is 0 Å². The van der Waals surface area contributed by atoms with Gasteiger partial charge in [-0.25, -0.2) is 0 Å². The maximum atomic E-state index is 11.6. The Balaban J connectivity index is 3.78. The third kappa shape index (κ3) is 8.62. The zero-order chi connectivity index (χ0) is 11.2. The number of guanidine groups is 2. The van der Waals surface area contributed by atoms with Crippen molar-refractivity contribution in [2.45, 2.75) is 19.0 Å². The molecule has 0 aromatic carbocycles. The first-order chi connectivity index (χ1) is 6.31. The predicted octanol–water partition coefficient (Wildman–Crippen LogP) is -0.0830. The largest absolute Gasteiger partial charge is 0.389 e. The highest BCUT2D eigenvalue weighted by Crippen LogP contribution is 2.20. The van der Waals surface area contributed by atoms with Crippen LogP contribution in [0.5, 0.6) is 0 Å². The van der Waals surface area contributed by atoms with Gasteiger partial charge in [0.15, 0.2) is 5.96 Å². The summed E-state index contributed by atoms with van der Waals surface area (Å²) in [5.41, 5.74) is 15.1. The normalized spacial score (nSPS) is 12.6. The molecule has 0 bridgehead atoms. The number of aliphatic imine (C=N–C) groups is 2. The average Bonchev–Trinajstić information content (AvgIpc) is 1.95. The molecule has 0 saturated heterocycles. The Kier molecular flexibility index (Phi) is 4.74. The van der Waals surface area contributed by atoms with Gasteiger partial charge in [-0.05, 0) is 6.42 Å². The van der Waals surface area contributed by atoms with Crippen LogP contribution in [0.15, 0.2) is 9.98 Å². The minimum absolute atomic E-state index is 0.0534. The maximum Gasteiger partial charge on any atom is 0.389 e. The molecule has 0 spiro atoms. The van der Waals surface area contributed by atoms with Crippen molar-refractivity contribution in [1.29, 1.82) is 0 Å². The Morgan fingerprint density at radius 1 is 1.14 bits per heavy atom. The molecule has 0 aromatic heterocycles. The van der Waals surface area contributed by atoms with Crippen LogP contribution in [0, 0.1) is 0 Å². The predicted molar refractivity (Wildman–Crippen MR) is 47.6 cm³/mol. The van der Waals surface area contributed by atoms with E-state index in [-0.39, 0.29) is 24.9 Å². The van der Waals surface area contributed by atoms with E-state index in [0.717, 1.165) is 0 Å². The van der Waals surface area contributed by atoms with Crippen LogP contribution in [-0.4, -0.2) is 24.6 Å². The molecule has 0 unspecified atom stereocenters. The summed E-state index contributed by atoms with van der Waals surface area (Å²) >= 11 is 0. The molecule has 0 aromatic rings. The van der Waals surface area contributed by atoms with Gasteiger partial charge in [-0.1, -0.05) is 0 Å². The molecule has 0 rings (SSSR count). The van der Waals surface area contributed by atoms with E-state index in [4.69, 9.17) is 17.2 Å². The van der Waals surface area contributed by atoms with E-state index >= 15 is 0 Å². The minimum atomic E-state index is -4.17. The van der Waals surface area contributed by atoms with Gasteiger partial charge in [0.05, 0.1) is 0 Å². The number of rotatable bonds is 3. The van der Waals surface area contributed by atoms with Gasteiger partial charge in [-0.15, -0.1) is 0 Å². The number of hydrogen-bond acceptors (Lipinski definition) is 1. The van der Waals surface area contributed by atoms with E-state index in [2.05, 4.69) is 9.98 Å². The molecule has 0 fully saturated rings. The van der Waals surface area contributed by atoms with Crippen molar-refractivity contribution in [2.75, 3.05) is 6.54 Å². The first-order valence-electron chi connectivity index (χ1n) is 3.77. The topological polar surface area (TPSA) is 103 Å². The van der Waals surface area contributed by atoms with Crippen LogP contribution < -0.4 is 17.2 Å². The summed E-state index contributed by atoms with van der Waals surface area (Å²) in [6.07, 6.45) is -5.20. The van der Waals surface area contributed by atoms with Crippen LogP contribution >= 0.6 is 0 Å². The highest BCUT2D eigenvalue weighted by atomic mass is 19.4. The quantitative estimate of drug-likeness (QED) is 0.345. The van der Waals surface area contributed by atoms with Crippen LogP contribution in [0.1, 0.15) is 12.8 Å². The van der Waals surface area contributed by atoms with Crippen molar-refractivity contribution in [3.05, 3.63) is 0 Å². The first-order valence-corrected chi connectivity index (χ1v) is 3.77. The second kappa shape index (κ2) is 5.30. The number of hydrogen-bond donors (Lipinski definition) is 3. The zero-order valence-electron chi connectivity index (χ0n) is 7.38. The van der Waals surface area contributed by atoms with Gasteiger partial charge >= 0.3 is 6.18 Å². The lowest BCUT2D eigenvalue weighted by Crippen LogP contribution is -2.26.